The molecule has 0 radical (unpaired) electrons. The van der Waals surface area contributed by atoms with E-state index in [0.29, 0.717) is 44.6 Å². The first-order valence-electron chi connectivity index (χ1n) is 18.1. The number of rotatable bonds is 16. The average molecular weight is 754 g/mol. The average Bonchev–Trinajstić information content (AvgIpc) is 3.96. The van der Waals surface area contributed by atoms with Crippen LogP contribution in [-0.2, 0) is 48.5 Å². The van der Waals surface area contributed by atoms with Crippen LogP contribution >= 0.6 is 22.7 Å². The summed E-state index contributed by atoms with van der Waals surface area (Å²) in [4.78, 5) is 62.2. The molecule has 1 aliphatic heterocycles. The Labute approximate surface area is 318 Å². The summed E-state index contributed by atoms with van der Waals surface area (Å²) in [6.07, 6.45) is 6.12. The van der Waals surface area contributed by atoms with Crippen LogP contribution in [0.4, 0.5) is 9.59 Å². The molecule has 11 nitrogen and oxygen atoms in total. The van der Waals surface area contributed by atoms with Crippen LogP contribution in [-0.4, -0.2) is 66.8 Å². The Morgan fingerprint density at radius 2 is 1.75 bits per heavy atom. The first kappa shape index (κ1) is 37.9. The predicted molar refractivity (Wildman–Crippen MR) is 207 cm³/mol. The number of imidazole rings is 1. The fourth-order valence-corrected chi connectivity index (χ4v) is 8.11. The van der Waals surface area contributed by atoms with Gasteiger partial charge in [0.2, 0.25) is 0 Å². The van der Waals surface area contributed by atoms with E-state index >= 15 is 0 Å². The zero-order valence-corrected chi connectivity index (χ0v) is 32.1. The van der Waals surface area contributed by atoms with E-state index in [2.05, 4.69) is 58.4 Å². The van der Waals surface area contributed by atoms with E-state index in [1.807, 2.05) is 41.8 Å². The normalized spacial score (nSPS) is 15.1. The van der Waals surface area contributed by atoms with E-state index in [1.165, 1.54) is 11.3 Å². The number of thiazole rings is 2. The smallest absolute Gasteiger partial charge is 0.407 e. The highest BCUT2D eigenvalue weighted by molar-refractivity contribution is 7.09. The van der Waals surface area contributed by atoms with Crippen molar-refractivity contribution in [2.45, 2.75) is 90.1 Å². The number of aromatic nitrogens is 4. The van der Waals surface area contributed by atoms with Crippen LogP contribution in [0.25, 0.3) is 0 Å². The summed E-state index contributed by atoms with van der Waals surface area (Å²) in [5.41, 5.74) is 6.46. The summed E-state index contributed by atoms with van der Waals surface area (Å²) in [7, 11) is 1.77. The predicted octanol–water partition coefficient (Wildman–Crippen LogP) is 7.56. The largest absolute Gasteiger partial charge is 0.444 e. The van der Waals surface area contributed by atoms with Crippen molar-refractivity contribution in [2.75, 3.05) is 7.05 Å². The topological polar surface area (TPSA) is 133 Å². The zero-order valence-electron chi connectivity index (χ0n) is 30.4. The van der Waals surface area contributed by atoms with Crippen LogP contribution in [0.2, 0.25) is 0 Å². The lowest BCUT2D eigenvalue weighted by Gasteiger charge is -2.37. The molecule has 0 fully saturated rings. The van der Waals surface area contributed by atoms with Crippen LogP contribution in [0.3, 0.4) is 0 Å². The minimum absolute atomic E-state index is 0.00798. The third-order valence-corrected chi connectivity index (χ3v) is 11.5. The molecule has 0 saturated heterocycles. The van der Waals surface area contributed by atoms with E-state index in [4.69, 9.17) is 9.72 Å². The number of carbonyl (C=O) groups is 3. The number of Topliss-reactive ketones (excluding diaryl/α,β-unsaturated/α-hetero) is 1. The maximum atomic E-state index is 14.5. The highest BCUT2D eigenvalue weighted by atomic mass is 32.1. The minimum Gasteiger partial charge on any atom is -0.444 e. The van der Waals surface area contributed by atoms with Crippen LogP contribution in [0, 0.1) is 5.92 Å². The third kappa shape index (κ3) is 10.6. The van der Waals surface area contributed by atoms with Gasteiger partial charge in [-0.2, -0.15) is 0 Å². The third-order valence-electron chi connectivity index (χ3n) is 9.56. The van der Waals surface area contributed by atoms with Gasteiger partial charge < -0.3 is 24.8 Å². The van der Waals surface area contributed by atoms with Crippen LogP contribution < -0.4 is 5.32 Å². The standard InChI is InChI=1S/C40H47N7O4S2/c1-27(2)38-44-32(24-52-38)21-46(3)40(50)47-22-35-34(42-25-43-35)19-36(47)37(48)18-30(16-28-10-6-4-7-11-28)14-15-31(17-29-12-8-5-9-13-29)45-39(49)51-23-33-20-41-26-53-33/h4-13,20,24-27,30-31,36H,14-19,21-23H2,1-3H3,(H,42,43)(H,45,49)/t30-,31-,36+/m1/s1. The highest BCUT2D eigenvalue weighted by Gasteiger charge is 2.38. The second-order valence-electron chi connectivity index (χ2n) is 14.0. The van der Waals surface area contributed by atoms with Crippen molar-refractivity contribution in [3.8, 4) is 0 Å². The molecule has 3 aromatic heterocycles. The molecule has 13 heteroatoms. The molecule has 0 saturated carbocycles. The van der Waals surface area contributed by atoms with Gasteiger partial charge in [0.05, 0.1) is 57.9 Å². The molecule has 0 aliphatic carbocycles. The Kier molecular flexibility index (Phi) is 13.0. The Balaban J connectivity index is 1.17. The van der Waals surface area contributed by atoms with Gasteiger partial charge in [0.1, 0.15) is 6.61 Å². The Morgan fingerprint density at radius 1 is 1.02 bits per heavy atom. The molecule has 0 bridgehead atoms. The number of alkyl carbamates (subject to hydrolysis) is 1. The summed E-state index contributed by atoms with van der Waals surface area (Å²) >= 11 is 3.04. The quantitative estimate of drug-likeness (QED) is 0.106. The number of hydrogen-bond acceptors (Lipinski definition) is 9. The number of aromatic amines is 1. The fourth-order valence-electron chi connectivity index (χ4n) is 6.78. The van der Waals surface area contributed by atoms with Crippen LogP contribution in [0.5, 0.6) is 0 Å². The van der Waals surface area contributed by atoms with Gasteiger partial charge in [-0.3, -0.25) is 9.78 Å². The Morgan fingerprint density at radius 3 is 2.43 bits per heavy atom. The maximum Gasteiger partial charge on any atom is 0.407 e. The van der Waals surface area contributed by atoms with Crippen LogP contribution in [0.1, 0.15) is 77.1 Å². The van der Waals surface area contributed by atoms with Crippen molar-refractivity contribution < 1.29 is 19.1 Å². The lowest BCUT2D eigenvalue weighted by atomic mass is 9.85. The van der Waals surface area contributed by atoms with Gasteiger partial charge >= 0.3 is 12.1 Å². The molecule has 2 N–H and O–H groups in total. The minimum atomic E-state index is -0.652. The number of benzene rings is 2. The number of fused-ring (bicyclic) bond motifs is 1. The summed E-state index contributed by atoms with van der Waals surface area (Å²) in [6, 6.07) is 19.1. The van der Waals surface area contributed by atoms with Crippen LogP contribution in [0.15, 0.2) is 84.1 Å². The number of amides is 3. The molecule has 6 rings (SSSR count). The number of H-pyrrole nitrogens is 1. The molecule has 53 heavy (non-hydrogen) atoms. The summed E-state index contributed by atoms with van der Waals surface area (Å²) in [5, 5.41) is 6.13. The van der Waals surface area contributed by atoms with Gasteiger partial charge in [0.15, 0.2) is 5.78 Å². The van der Waals surface area contributed by atoms with Crippen molar-refractivity contribution in [3.05, 3.63) is 122 Å². The molecule has 2 aromatic carbocycles. The second kappa shape index (κ2) is 18.2. The number of carbonyl (C=O) groups excluding carboxylic acids is 3. The number of nitrogens with zero attached hydrogens (tertiary/aromatic N) is 5. The van der Waals surface area contributed by atoms with E-state index < -0.39 is 12.1 Å². The Hall–Kier alpha value is -4.88. The molecule has 3 amide bonds. The van der Waals surface area contributed by atoms with Gasteiger partial charge in [-0.05, 0) is 42.7 Å². The fraction of sp³-hybridized carbons (Fsp3) is 0.400. The molecule has 0 unspecified atom stereocenters. The monoisotopic (exact) mass is 753 g/mol. The van der Waals surface area contributed by atoms with Gasteiger partial charge in [-0.1, -0.05) is 74.5 Å². The second-order valence-corrected chi connectivity index (χ2v) is 15.9. The molecule has 3 atom stereocenters. The number of nitrogens with one attached hydrogen (secondary N) is 2. The zero-order chi connectivity index (χ0) is 37.2. The van der Waals surface area contributed by atoms with E-state index in [1.54, 1.807) is 46.2 Å². The highest BCUT2D eigenvalue weighted by Crippen LogP contribution is 2.28. The summed E-state index contributed by atoms with van der Waals surface area (Å²) in [6.45, 7) is 5.00. The van der Waals surface area contributed by atoms with Gasteiger partial charge in [0.25, 0.3) is 0 Å². The number of ether oxygens (including phenoxy) is 1. The van der Waals surface area contributed by atoms with Gasteiger partial charge in [-0.25, -0.2) is 19.6 Å². The number of urea groups is 1. The molecule has 0 spiro atoms. The maximum absolute atomic E-state index is 14.5. The van der Waals surface area contributed by atoms with E-state index in [-0.39, 0.29) is 43.3 Å². The number of ketones is 1. The summed E-state index contributed by atoms with van der Waals surface area (Å²) < 4.78 is 5.54. The molecule has 1 aliphatic rings. The van der Waals surface area contributed by atoms with Crippen molar-refractivity contribution >= 4 is 40.6 Å². The van der Waals surface area contributed by atoms with Gasteiger partial charge in [0, 0.05) is 43.4 Å². The molecule has 4 heterocycles. The summed E-state index contributed by atoms with van der Waals surface area (Å²) in [5.74, 6) is 0.292. The molecule has 278 valence electrons. The van der Waals surface area contributed by atoms with E-state index in [9.17, 15) is 14.4 Å². The van der Waals surface area contributed by atoms with Gasteiger partial charge in [-0.15, -0.1) is 22.7 Å². The van der Waals surface area contributed by atoms with Crippen molar-refractivity contribution in [2.24, 2.45) is 5.92 Å². The van der Waals surface area contributed by atoms with Crippen molar-refractivity contribution in [3.63, 3.8) is 0 Å². The molecular formula is C40H47N7O4S2. The van der Waals surface area contributed by atoms with Crippen molar-refractivity contribution in [1.29, 1.82) is 0 Å². The number of hydrogen-bond donors (Lipinski definition) is 2. The molecule has 5 aromatic rings. The first-order valence-corrected chi connectivity index (χ1v) is 19.9. The van der Waals surface area contributed by atoms with E-state index in [0.717, 1.165) is 38.1 Å². The lowest BCUT2D eigenvalue weighted by Crippen LogP contribution is -2.52. The first-order chi connectivity index (χ1) is 25.7. The Bertz CT molecular complexity index is 1910. The lowest BCUT2D eigenvalue weighted by molar-refractivity contribution is -0.125. The van der Waals surface area contributed by atoms with Crippen molar-refractivity contribution in [1.82, 2.24) is 35.1 Å². The SMILES string of the molecule is CC(C)c1nc(CN(C)C(=O)N2Cc3[nH]cnc3C[C@H]2C(=O)C[C@H](CC[C@H](Cc2ccccc2)NC(=O)OCc2cncs2)Cc2ccccc2)cs1. The molecular weight excluding hydrogens is 707 g/mol.